The predicted octanol–water partition coefficient (Wildman–Crippen LogP) is 5.41. The second-order valence-electron chi connectivity index (χ2n) is 7.40. The Morgan fingerprint density at radius 3 is 2.41 bits per heavy atom. The van der Waals surface area contributed by atoms with E-state index in [2.05, 4.69) is 47.2 Å². The largest absolute Gasteiger partial charge is 0.320 e. The van der Waals surface area contributed by atoms with E-state index in [0.717, 1.165) is 55.6 Å². The summed E-state index contributed by atoms with van der Waals surface area (Å²) >= 11 is 0. The molecule has 1 atom stereocenters. The highest BCUT2D eigenvalue weighted by atomic mass is 16.1. The molecule has 1 aliphatic carbocycles. The highest BCUT2D eigenvalue weighted by Crippen LogP contribution is 2.30. The first kappa shape index (κ1) is 17.7. The van der Waals surface area contributed by atoms with Gasteiger partial charge in [0, 0.05) is 18.2 Å². The Balaban J connectivity index is 1.65. The Kier molecular flexibility index (Phi) is 5.47. The summed E-state index contributed by atoms with van der Waals surface area (Å²) < 4.78 is 2.16. The lowest BCUT2D eigenvalue weighted by molar-refractivity contribution is -0.122. The van der Waals surface area contributed by atoms with Crippen LogP contribution in [-0.2, 0) is 17.6 Å². The number of rotatable bonds is 5. The Bertz CT molecular complexity index is 883. The first-order valence-corrected chi connectivity index (χ1v) is 10.0. The predicted molar refractivity (Wildman–Crippen MR) is 109 cm³/mol. The monoisotopic (exact) mass is 358 g/mol. The van der Waals surface area contributed by atoms with Gasteiger partial charge in [0.05, 0.1) is 11.7 Å². The Hall–Kier alpha value is -2.68. The molecule has 0 bridgehead atoms. The zero-order valence-electron chi connectivity index (χ0n) is 15.7. The highest BCUT2D eigenvalue weighted by Gasteiger charge is 2.25. The molecule has 3 heteroatoms. The maximum atomic E-state index is 12.7. The molecular formula is C24H26N2O. The van der Waals surface area contributed by atoms with E-state index in [1.54, 1.807) is 0 Å². The van der Waals surface area contributed by atoms with Gasteiger partial charge >= 0.3 is 0 Å². The van der Waals surface area contributed by atoms with Gasteiger partial charge in [-0.25, -0.2) is 4.98 Å². The van der Waals surface area contributed by atoms with Crippen LogP contribution in [0.3, 0.4) is 0 Å². The zero-order chi connectivity index (χ0) is 18.5. The van der Waals surface area contributed by atoms with Gasteiger partial charge in [-0.1, -0.05) is 73.5 Å². The third-order valence-electron chi connectivity index (χ3n) is 5.43. The van der Waals surface area contributed by atoms with E-state index in [1.807, 2.05) is 24.3 Å². The van der Waals surface area contributed by atoms with Crippen molar-refractivity contribution in [3.8, 4) is 11.4 Å². The fourth-order valence-corrected chi connectivity index (χ4v) is 3.96. The van der Waals surface area contributed by atoms with Gasteiger partial charge in [0.2, 0.25) is 0 Å². The summed E-state index contributed by atoms with van der Waals surface area (Å²) in [5, 5.41) is 0. The van der Waals surface area contributed by atoms with Gasteiger partial charge in [0.15, 0.2) is 5.78 Å². The molecule has 2 aromatic carbocycles. The second-order valence-corrected chi connectivity index (χ2v) is 7.40. The van der Waals surface area contributed by atoms with Crippen molar-refractivity contribution in [2.45, 2.75) is 51.0 Å². The van der Waals surface area contributed by atoms with Crippen LogP contribution >= 0.6 is 0 Å². The van der Waals surface area contributed by atoms with E-state index in [4.69, 9.17) is 4.98 Å². The number of carbonyl (C=O) groups is 1. The minimum Gasteiger partial charge on any atom is -0.320 e. The number of nitrogens with zero attached hydrogens (tertiary/aromatic N) is 2. The molecular weight excluding hydrogens is 332 g/mol. The van der Waals surface area contributed by atoms with Crippen LogP contribution in [0.2, 0.25) is 0 Å². The van der Waals surface area contributed by atoms with E-state index in [1.165, 1.54) is 5.56 Å². The zero-order valence-corrected chi connectivity index (χ0v) is 15.7. The van der Waals surface area contributed by atoms with E-state index in [0.29, 0.717) is 12.2 Å². The van der Waals surface area contributed by atoms with Gasteiger partial charge in [-0.3, -0.25) is 4.79 Å². The molecule has 0 spiro atoms. The van der Waals surface area contributed by atoms with E-state index < -0.39 is 0 Å². The van der Waals surface area contributed by atoms with Crippen molar-refractivity contribution in [1.29, 1.82) is 0 Å². The molecule has 0 saturated heterocycles. The van der Waals surface area contributed by atoms with E-state index in [9.17, 15) is 4.79 Å². The Morgan fingerprint density at radius 2 is 1.63 bits per heavy atom. The van der Waals surface area contributed by atoms with Crippen LogP contribution in [0.25, 0.3) is 11.4 Å². The smallest absolute Gasteiger partial charge is 0.155 e. The van der Waals surface area contributed by atoms with Crippen molar-refractivity contribution >= 4 is 5.78 Å². The van der Waals surface area contributed by atoms with Gasteiger partial charge in [-0.15, -0.1) is 0 Å². The molecule has 3 aromatic rings. The minimum absolute atomic E-state index is 0.0688. The molecule has 1 heterocycles. The maximum Gasteiger partial charge on any atom is 0.155 e. The topological polar surface area (TPSA) is 34.9 Å². The SMILES string of the molecule is O=C1CCCCCC1n1cc(CCc2ccccc2)nc1-c1ccccc1. The van der Waals surface area contributed by atoms with Gasteiger partial charge in [0.1, 0.15) is 5.82 Å². The van der Waals surface area contributed by atoms with Crippen LogP contribution in [-0.4, -0.2) is 15.3 Å². The van der Waals surface area contributed by atoms with Crippen molar-refractivity contribution < 1.29 is 4.79 Å². The molecule has 1 aromatic heterocycles. The summed E-state index contributed by atoms with van der Waals surface area (Å²) in [5.74, 6) is 1.29. The van der Waals surface area contributed by atoms with Crippen molar-refractivity contribution in [3.05, 3.63) is 78.1 Å². The number of carbonyl (C=O) groups excluding carboxylic acids is 1. The number of hydrogen-bond donors (Lipinski definition) is 0. The fraction of sp³-hybridized carbons (Fsp3) is 0.333. The van der Waals surface area contributed by atoms with Crippen molar-refractivity contribution in [2.75, 3.05) is 0 Å². The van der Waals surface area contributed by atoms with Gasteiger partial charge in [0.25, 0.3) is 0 Å². The molecule has 1 fully saturated rings. The minimum atomic E-state index is -0.0688. The molecule has 1 saturated carbocycles. The number of imidazole rings is 1. The van der Waals surface area contributed by atoms with Crippen LogP contribution in [0.4, 0.5) is 0 Å². The summed E-state index contributed by atoms with van der Waals surface area (Å²) in [7, 11) is 0. The summed E-state index contributed by atoms with van der Waals surface area (Å²) in [6.45, 7) is 0. The van der Waals surface area contributed by atoms with E-state index >= 15 is 0 Å². The fourth-order valence-electron chi connectivity index (χ4n) is 3.96. The summed E-state index contributed by atoms with van der Waals surface area (Å²) in [6.07, 6.45) is 8.87. The number of benzene rings is 2. The van der Waals surface area contributed by atoms with Crippen LogP contribution in [0.5, 0.6) is 0 Å². The lowest BCUT2D eigenvalue weighted by atomic mass is 10.1. The Labute approximate surface area is 161 Å². The molecule has 0 radical (unpaired) electrons. The van der Waals surface area contributed by atoms with Crippen molar-refractivity contribution in [2.24, 2.45) is 0 Å². The molecule has 0 N–H and O–H groups in total. The van der Waals surface area contributed by atoms with Crippen LogP contribution in [0.15, 0.2) is 66.9 Å². The number of Topliss-reactive ketones (excluding diaryl/α,β-unsaturated/α-hetero) is 1. The quantitative estimate of drug-likeness (QED) is 0.572. The average Bonchev–Trinajstić information content (AvgIpc) is 3.02. The van der Waals surface area contributed by atoms with Crippen molar-refractivity contribution in [1.82, 2.24) is 9.55 Å². The van der Waals surface area contributed by atoms with Crippen LogP contribution < -0.4 is 0 Å². The maximum absolute atomic E-state index is 12.7. The summed E-state index contributed by atoms with van der Waals surface area (Å²) in [4.78, 5) is 17.7. The standard InChI is InChI=1S/C24H26N2O/c27-23-15-9-3-8-14-22(23)26-18-21(17-16-19-10-4-1-5-11-19)25-24(26)20-12-6-2-7-13-20/h1-2,4-7,10-13,18,22H,3,8-9,14-17H2. The van der Waals surface area contributed by atoms with Gasteiger partial charge < -0.3 is 4.57 Å². The van der Waals surface area contributed by atoms with E-state index in [-0.39, 0.29) is 6.04 Å². The molecule has 4 rings (SSSR count). The van der Waals surface area contributed by atoms with Gasteiger partial charge in [-0.05, 0) is 31.2 Å². The second kappa shape index (κ2) is 8.34. The average molecular weight is 358 g/mol. The van der Waals surface area contributed by atoms with Gasteiger partial charge in [-0.2, -0.15) is 0 Å². The number of ketones is 1. The highest BCUT2D eigenvalue weighted by molar-refractivity contribution is 5.83. The molecule has 1 aliphatic rings. The number of aromatic nitrogens is 2. The molecule has 3 nitrogen and oxygen atoms in total. The van der Waals surface area contributed by atoms with Crippen LogP contribution in [0.1, 0.15) is 49.4 Å². The van der Waals surface area contributed by atoms with Crippen LogP contribution in [0, 0.1) is 0 Å². The first-order chi connectivity index (χ1) is 13.3. The molecule has 1 unspecified atom stereocenters. The number of aryl methyl sites for hydroxylation is 2. The summed E-state index contributed by atoms with van der Waals surface area (Å²) in [5.41, 5.74) is 3.47. The summed E-state index contributed by atoms with van der Waals surface area (Å²) in [6, 6.07) is 20.7. The lowest BCUT2D eigenvalue weighted by Crippen LogP contribution is -2.18. The molecule has 0 amide bonds. The first-order valence-electron chi connectivity index (χ1n) is 10.0. The molecule has 27 heavy (non-hydrogen) atoms. The lowest BCUT2D eigenvalue weighted by Gasteiger charge is -2.17. The third-order valence-corrected chi connectivity index (χ3v) is 5.43. The number of hydrogen-bond acceptors (Lipinski definition) is 2. The third kappa shape index (κ3) is 4.19. The molecule has 0 aliphatic heterocycles. The Morgan fingerprint density at radius 1 is 0.889 bits per heavy atom. The van der Waals surface area contributed by atoms with Crippen molar-refractivity contribution in [3.63, 3.8) is 0 Å². The molecule has 138 valence electrons. The normalized spacial score (nSPS) is 17.6.